The van der Waals surface area contributed by atoms with Crippen LogP contribution in [-0.4, -0.2) is 37.6 Å². The minimum atomic E-state index is -0.0669. The van der Waals surface area contributed by atoms with Crippen molar-refractivity contribution in [2.45, 2.75) is 26.8 Å². The van der Waals surface area contributed by atoms with Crippen LogP contribution in [0.3, 0.4) is 0 Å². The molecule has 0 atom stereocenters. The van der Waals surface area contributed by atoms with Crippen molar-refractivity contribution in [1.82, 2.24) is 14.7 Å². The highest BCUT2D eigenvalue weighted by Gasteiger charge is 2.34. The van der Waals surface area contributed by atoms with Crippen molar-refractivity contribution >= 4 is 40.3 Å². The van der Waals surface area contributed by atoms with Crippen LogP contribution in [0, 0.1) is 6.92 Å². The first-order valence-electron chi connectivity index (χ1n) is 10.7. The van der Waals surface area contributed by atoms with E-state index in [-0.39, 0.29) is 11.9 Å². The summed E-state index contributed by atoms with van der Waals surface area (Å²) in [5.41, 5.74) is 4.52. The largest absolute Gasteiger partial charge is 0.489 e. The standard InChI is InChI=1S/C26H25N3O2S2/c1-5-13-31-22-12-11-19(14-18(22)4)24-20(16-28(27-24)21-9-7-6-8-10-21)15-23-25(30)29(17(2)3)26(32)33-23/h5-12,14-17H,1,13H2,2-4H3/b23-15+. The third-order valence-electron chi connectivity index (χ3n) is 5.19. The van der Waals surface area contributed by atoms with Gasteiger partial charge in [0.25, 0.3) is 5.91 Å². The number of hydrogen-bond acceptors (Lipinski definition) is 5. The Hall–Kier alpha value is -3.16. The van der Waals surface area contributed by atoms with Gasteiger partial charge in [-0.2, -0.15) is 5.10 Å². The second-order valence-electron chi connectivity index (χ2n) is 7.94. The lowest BCUT2D eigenvalue weighted by atomic mass is 10.0. The molecular formula is C26H25N3O2S2. The van der Waals surface area contributed by atoms with E-state index >= 15 is 0 Å². The zero-order valence-corrected chi connectivity index (χ0v) is 20.5. The van der Waals surface area contributed by atoms with Gasteiger partial charge in [0.2, 0.25) is 0 Å². The van der Waals surface area contributed by atoms with E-state index < -0.39 is 0 Å². The van der Waals surface area contributed by atoms with Crippen LogP contribution in [0.2, 0.25) is 0 Å². The third kappa shape index (κ3) is 4.79. The fraction of sp³-hybridized carbons (Fsp3) is 0.192. The van der Waals surface area contributed by atoms with Crippen LogP contribution in [0.4, 0.5) is 0 Å². The van der Waals surface area contributed by atoms with Gasteiger partial charge >= 0.3 is 0 Å². The number of para-hydroxylation sites is 1. The summed E-state index contributed by atoms with van der Waals surface area (Å²) < 4.78 is 8.14. The molecule has 168 valence electrons. The fourth-order valence-electron chi connectivity index (χ4n) is 3.60. The number of ether oxygens (including phenoxy) is 1. The Kier molecular flexibility index (Phi) is 6.81. The first-order valence-corrected chi connectivity index (χ1v) is 11.9. The maximum atomic E-state index is 13.0. The van der Waals surface area contributed by atoms with Gasteiger partial charge in [0.1, 0.15) is 22.4 Å². The molecule has 3 aromatic rings. The van der Waals surface area contributed by atoms with Crippen LogP contribution < -0.4 is 4.74 Å². The lowest BCUT2D eigenvalue weighted by Crippen LogP contribution is -2.34. The molecule has 0 radical (unpaired) electrons. The maximum absolute atomic E-state index is 13.0. The van der Waals surface area contributed by atoms with E-state index in [0.29, 0.717) is 15.8 Å². The van der Waals surface area contributed by atoms with Gasteiger partial charge in [0, 0.05) is 23.4 Å². The highest BCUT2D eigenvalue weighted by Crippen LogP contribution is 2.36. The van der Waals surface area contributed by atoms with Crippen LogP contribution in [0.5, 0.6) is 5.75 Å². The molecule has 5 nitrogen and oxygen atoms in total. The average Bonchev–Trinajstić information content (AvgIpc) is 3.34. The number of amides is 1. The summed E-state index contributed by atoms with van der Waals surface area (Å²) in [6.07, 6.45) is 5.56. The molecule has 0 bridgehead atoms. The first kappa shape index (κ1) is 23.0. The number of hydrogen-bond donors (Lipinski definition) is 0. The Bertz CT molecular complexity index is 1250. The van der Waals surface area contributed by atoms with E-state index in [1.54, 1.807) is 11.0 Å². The van der Waals surface area contributed by atoms with Gasteiger partial charge in [0.05, 0.1) is 10.6 Å². The molecule has 0 N–H and O–H groups in total. The molecule has 0 aliphatic carbocycles. The number of aromatic nitrogens is 2. The number of thioether (sulfide) groups is 1. The van der Waals surface area contributed by atoms with E-state index in [1.807, 2.05) is 86.3 Å². The summed E-state index contributed by atoms with van der Waals surface area (Å²) in [7, 11) is 0. The lowest BCUT2D eigenvalue weighted by Gasteiger charge is -2.18. The number of carbonyl (C=O) groups is 1. The molecule has 1 aromatic heterocycles. The molecule has 2 aromatic carbocycles. The average molecular weight is 476 g/mol. The zero-order chi connectivity index (χ0) is 23.5. The van der Waals surface area contributed by atoms with Crippen LogP contribution in [0.1, 0.15) is 25.0 Å². The van der Waals surface area contributed by atoms with E-state index in [4.69, 9.17) is 22.1 Å². The second kappa shape index (κ2) is 9.77. The maximum Gasteiger partial charge on any atom is 0.266 e. The van der Waals surface area contributed by atoms with Gasteiger partial charge < -0.3 is 4.74 Å². The molecule has 0 spiro atoms. The van der Waals surface area contributed by atoms with Crippen molar-refractivity contribution < 1.29 is 9.53 Å². The topological polar surface area (TPSA) is 47.4 Å². The molecule has 1 aliphatic heterocycles. The molecule has 1 aliphatic rings. The van der Waals surface area contributed by atoms with Gasteiger partial charge in [-0.05, 0) is 62.7 Å². The second-order valence-corrected chi connectivity index (χ2v) is 9.61. The number of thiocarbonyl (C=S) groups is 1. The number of benzene rings is 2. The first-order chi connectivity index (χ1) is 15.9. The molecular weight excluding hydrogens is 450 g/mol. The smallest absolute Gasteiger partial charge is 0.266 e. The van der Waals surface area contributed by atoms with Crippen molar-refractivity contribution in [3.63, 3.8) is 0 Å². The predicted octanol–water partition coefficient (Wildman–Crippen LogP) is 6.02. The Morgan fingerprint density at radius 3 is 2.61 bits per heavy atom. The number of nitrogens with zero attached hydrogens (tertiary/aromatic N) is 3. The van der Waals surface area contributed by atoms with Crippen LogP contribution in [0.25, 0.3) is 23.0 Å². The monoisotopic (exact) mass is 475 g/mol. The van der Waals surface area contributed by atoms with Crippen molar-refractivity contribution in [2.24, 2.45) is 0 Å². The van der Waals surface area contributed by atoms with Gasteiger partial charge in [-0.1, -0.05) is 54.8 Å². The summed E-state index contributed by atoms with van der Waals surface area (Å²) in [6.45, 7) is 10.1. The number of carbonyl (C=O) groups excluding carboxylic acids is 1. The molecule has 4 rings (SSSR count). The quantitative estimate of drug-likeness (QED) is 0.237. The number of rotatable bonds is 7. The van der Waals surface area contributed by atoms with E-state index in [1.165, 1.54) is 11.8 Å². The number of aryl methyl sites for hydroxylation is 1. The molecule has 1 fully saturated rings. The molecule has 2 heterocycles. The van der Waals surface area contributed by atoms with Crippen molar-refractivity contribution in [1.29, 1.82) is 0 Å². The molecule has 0 saturated carbocycles. The van der Waals surface area contributed by atoms with Gasteiger partial charge in [-0.15, -0.1) is 0 Å². The van der Waals surface area contributed by atoms with Crippen molar-refractivity contribution in [2.75, 3.05) is 6.61 Å². The Morgan fingerprint density at radius 2 is 1.97 bits per heavy atom. The fourth-order valence-corrected chi connectivity index (χ4v) is 5.12. The van der Waals surface area contributed by atoms with Crippen LogP contribution in [0.15, 0.2) is 72.3 Å². The van der Waals surface area contributed by atoms with Crippen molar-refractivity contribution in [3.05, 3.63) is 83.4 Å². The Balaban J connectivity index is 1.79. The highest BCUT2D eigenvalue weighted by molar-refractivity contribution is 8.26. The summed E-state index contributed by atoms with van der Waals surface area (Å²) in [6, 6.07) is 15.9. The summed E-state index contributed by atoms with van der Waals surface area (Å²) in [5, 5.41) is 4.87. The summed E-state index contributed by atoms with van der Waals surface area (Å²) >= 11 is 6.78. The van der Waals surface area contributed by atoms with Gasteiger partial charge in [0.15, 0.2) is 0 Å². The summed E-state index contributed by atoms with van der Waals surface area (Å²) in [5.74, 6) is 0.739. The van der Waals surface area contributed by atoms with E-state index in [9.17, 15) is 4.79 Å². The zero-order valence-electron chi connectivity index (χ0n) is 18.8. The minimum Gasteiger partial charge on any atom is -0.489 e. The van der Waals surface area contributed by atoms with Crippen molar-refractivity contribution in [3.8, 4) is 22.7 Å². The van der Waals surface area contributed by atoms with Gasteiger partial charge in [-0.25, -0.2) is 4.68 Å². The summed E-state index contributed by atoms with van der Waals surface area (Å²) in [4.78, 5) is 15.2. The van der Waals surface area contributed by atoms with E-state index in [0.717, 1.165) is 33.8 Å². The van der Waals surface area contributed by atoms with Crippen LogP contribution in [-0.2, 0) is 4.79 Å². The molecule has 33 heavy (non-hydrogen) atoms. The highest BCUT2D eigenvalue weighted by atomic mass is 32.2. The SMILES string of the molecule is C=CCOc1ccc(-c2nn(-c3ccccc3)cc2/C=C2/SC(=S)N(C(C)C)C2=O)cc1C. The Morgan fingerprint density at radius 1 is 1.21 bits per heavy atom. The normalized spacial score (nSPS) is 15.0. The van der Waals surface area contributed by atoms with Gasteiger partial charge in [-0.3, -0.25) is 9.69 Å². The molecule has 0 unspecified atom stereocenters. The molecule has 7 heteroatoms. The molecule has 1 amide bonds. The third-order valence-corrected chi connectivity index (χ3v) is 6.53. The van der Waals surface area contributed by atoms with E-state index in [2.05, 4.69) is 6.58 Å². The lowest BCUT2D eigenvalue weighted by molar-refractivity contribution is -0.123. The van der Waals surface area contributed by atoms with Crippen LogP contribution >= 0.6 is 24.0 Å². The Labute approximate surface area is 203 Å². The molecule has 1 saturated heterocycles. The minimum absolute atomic E-state index is 0.0145. The predicted molar refractivity (Wildman–Crippen MR) is 140 cm³/mol.